The number of nitrogens with zero attached hydrogens (tertiary/aromatic N) is 6. The van der Waals surface area contributed by atoms with Crippen molar-refractivity contribution in [3.63, 3.8) is 0 Å². The van der Waals surface area contributed by atoms with Gasteiger partial charge in [0.15, 0.2) is 0 Å². The summed E-state index contributed by atoms with van der Waals surface area (Å²) < 4.78 is 104. The predicted molar refractivity (Wildman–Crippen MR) is 176 cm³/mol. The van der Waals surface area contributed by atoms with Crippen molar-refractivity contribution < 1.29 is 59.5 Å². The fourth-order valence-corrected chi connectivity index (χ4v) is 6.63. The van der Waals surface area contributed by atoms with E-state index < -0.39 is 70.7 Å². The second-order valence-electron chi connectivity index (χ2n) is 14.1. The van der Waals surface area contributed by atoms with Gasteiger partial charge in [-0.05, 0) is 63.9 Å². The summed E-state index contributed by atoms with van der Waals surface area (Å²) in [6.45, 7) is 8.03. The molecule has 6 rings (SSSR count). The number of hydrogen-bond donors (Lipinski definition) is 0. The summed E-state index contributed by atoms with van der Waals surface area (Å²) in [5.74, 6) is -2.84. The lowest BCUT2D eigenvalue weighted by Crippen LogP contribution is -2.58. The Morgan fingerprint density at radius 2 is 1.52 bits per heavy atom. The first-order valence-electron chi connectivity index (χ1n) is 17.2. The van der Waals surface area contributed by atoms with Crippen LogP contribution in [-0.2, 0) is 33.2 Å². The van der Waals surface area contributed by atoms with Crippen LogP contribution in [0.5, 0.6) is 11.5 Å². The fraction of sp³-hybridized carbons (Fsp3) is 0.514. The SMILES string of the molecule is CC(C)(C)OC(=O)N1CCC2(CC1)C(=O)N(Cc1nc(-c3ccc(Oc4ccccc4C(F)(F)F)c(C(F)(F)F)c3)no1)C(=O)N2CCN1CCOCC1. The molecule has 1 spiro atoms. The van der Waals surface area contributed by atoms with Gasteiger partial charge < -0.3 is 28.5 Å². The predicted octanol–water partition coefficient (Wildman–Crippen LogP) is 6.43. The average Bonchev–Trinajstić information content (AvgIpc) is 3.64. The molecular weight excluding hydrogens is 730 g/mol. The number of carbonyl (C=O) groups is 3. The minimum atomic E-state index is -5.06. The minimum Gasteiger partial charge on any atom is -0.456 e. The standard InChI is InChI=1S/C35H38F6N6O7/c1-32(2,3)53-31(50)45-12-10-33(11-13-45)29(48)46(30(49)47(33)15-14-44-16-18-51-19-17-44)21-27-42-28(43-54-27)22-8-9-26(24(20-22)35(39,40)41)52-25-7-5-4-6-23(25)34(36,37)38/h4-9,20H,10-19,21H2,1-3H3. The minimum absolute atomic E-state index is 0.133. The number of piperidine rings is 1. The van der Waals surface area contributed by atoms with Crippen LogP contribution < -0.4 is 4.74 Å². The summed E-state index contributed by atoms with van der Waals surface area (Å²) in [7, 11) is 0. The summed E-state index contributed by atoms with van der Waals surface area (Å²) in [6.07, 6.45) is -10.2. The number of alkyl halides is 6. The zero-order valence-corrected chi connectivity index (χ0v) is 29.6. The number of imide groups is 1. The summed E-state index contributed by atoms with van der Waals surface area (Å²) in [6, 6.07) is 5.80. The molecule has 0 saturated carbocycles. The van der Waals surface area contributed by atoms with Crippen molar-refractivity contribution in [1.82, 2.24) is 29.7 Å². The van der Waals surface area contributed by atoms with E-state index in [0.717, 1.165) is 29.2 Å². The van der Waals surface area contributed by atoms with Crippen molar-refractivity contribution >= 4 is 18.0 Å². The lowest BCUT2D eigenvalue weighted by Gasteiger charge is -2.42. The number of carbonyl (C=O) groups excluding carboxylic acids is 3. The van der Waals surface area contributed by atoms with Gasteiger partial charge >= 0.3 is 24.5 Å². The zero-order chi connectivity index (χ0) is 39.1. The number of aromatic nitrogens is 2. The highest BCUT2D eigenvalue weighted by atomic mass is 19.4. The molecular formula is C35H38F6N6O7. The monoisotopic (exact) mass is 768 g/mol. The normalized spacial score (nSPS) is 18.5. The topological polar surface area (TPSA) is 131 Å². The van der Waals surface area contributed by atoms with Crippen LogP contribution in [0.1, 0.15) is 50.6 Å². The Morgan fingerprint density at radius 3 is 2.17 bits per heavy atom. The number of rotatable bonds is 8. The summed E-state index contributed by atoms with van der Waals surface area (Å²) in [5.41, 5.74) is -4.89. The van der Waals surface area contributed by atoms with Crippen molar-refractivity contribution in [2.24, 2.45) is 0 Å². The van der Waals surface area contributed by atoms with E-state index in [4.69, 9.17) is 18.7 Å². The fourth-order valence-electron chi connectivity index (χ4n) is 6.63. The second kappa shape index (κ2) is 14.7. The Balaban J connectivity index is 1.22. The molecule has 0 bridgehead atoms. The third-order valence-corrected chi connectivity index (χ3v) is 9.32. The molecule has 3 fully saturated rings. The molecule has 0 atom stereocenters. The highest BCUT2D eigenvalue weighted by molar-refractivity contribution is 6.07. The molecule has 3 aromatic rings. The van der Waals surface area contributed by atoms with Crippen molar-refractivity contribution in [3.8, 4) is 22.9 Å². The van der Waals surface area contributed by atoms with Gasteiger partial charge in [0.25, 0.3) is 5.91 Å². The molecule has 2 aromatic carbocycles. The highest BCUT2D eigenvalue weighted by Crippen LogP contribution is 2.44. The molecule has 4 heterocycles. The molecule has 292 valence electrons. The van der Waals surface area contributed by atoms with Crippen molar-refractivity contribution in [3.05, 3.63) is 59.5 Å². The summed E-state index contributed by atoms with van der Waals surface area (Å²) in [4.78, 5) is 51.1. The number of hydrogen-bond acceptors (Lipinski definition) is 10. The van der Waals surface area contributed by atoms with Crippen LogP contribution in [0.3, 0.4) is 0 Å². The maximum absolute atomic E-state index is 14.2. The molecule has 54 heavy (non-hydrogen) atoms. The van der Waals surface area contributed by atoms with Crippen molar-refractivity contribution in [2.45, 2.75) is 63.7 Å². The van der Waals surface area contributed by atoms with Gasteiger partial charge in [0, 0.05) is 44.8 Å². The number of amides is 4. The molecule has 19 heteroatoms. The number of likely N-dealkylation sites (tertiary alicyclic amines) is 1. The van der Waals surface area contributed by atoms with Gasteiger partial charge in [-0.2, -0.15) is 31.3 Å². The van der Waals surface area contributed by atoms with Gasteiger partial charge in [-0.1, -0.05) is 17.3 Å². The first kappa shape index (κ1) is 38.8. The molecule has 13 nitrogen and oxygen atoms in total. The molecule has 3 aliphatic rings. The second-order valence-corrected chi connectivity index (χ2v) is 14.1. The van der Waals surface area contributed by atoms with Gasteiger partial charge in [0.2, 0.25) is 11.7 Å². The van der Waals surface area contributed by atoms with Gasteiger partial charge in [-0.15, -0.1) is 0 Å². The molecule has 3 saturated heterocycles. The lowest BCUT2D eigenvalue weighted by atomic mass is 9.86. The quantitative estimate of drug-likeness (QED) is 0.187. The molecule has 0 unspecified atom stereocenters. The third kappa shape index (κ3) is 8.25. The Labute approximate surface area is 305 Å². The number of para-hydroxylation sites is 1. The maximum Gasteiger partial charge on any atom is 0.420 e. The van der Waals surface area contributed by atoms with E-state index in [0.29, 0.717) is 45.0 Å². The van der Waals surface area contributed by atoms with Crippen LogP contribution in [0.4, 0.5) is 35.9 Å². The Kier molecular flexibility index (Phi) is 10.6. The number of halogens is 6. The van der Waals surface area contributed by atoms with Crippen LogP contribution in [0.15, 0.2) is 47.0 Å². The number of urea groups is 1. The van der Waals surface area contributed by atoms with E-state index in [1.54, 1.807) is 20.8 Å². The molecule has 3 aliphatic heterocycles. The van der Waals surface area contributed by atoms with Crippen LogP contribution in [0.2, 0.25) is 0 Å². The number of morpholine rings is 1. The zero-order valence-electron chi connectivity index (χ0n) is 29.6. The average molecular weight is 769 g/mol. The Bertz CT molecular complexity index is 1860. The van der Waals surface area contributed by atoms with Crippen molar-refractivity contribution in [1.29, 1.82) is 0 Å². The smallest absolute Gasteiger partial charge is 0.420 e. The van der Waals surface area contributed by atoms with Crippen LogP contribution in [-0.4, -0.2) is 111 Å². The summed E-state index contributed by atoms with van der Waals surface area (Å²) in [5, 5.41) is 3.76. The first-order chi connectivity index (χ1) is 25.4. The number of ether oxygens (including phenoxy) is 3. The lowest BCUT2D eigenvalue weighted by molar-refractivity contribution is -0.139. The van der Waals surface area contributed by atoms with E-state index in [9.17, 15) is 40.7 Å². The summed E-state index contributed by atoms with van der Waals surface area (Å²) >= 11 is 0. The van der Waals surface area contributed by atoms with E-state index in [-0.39, 0.29) is 49.8 Å². The third-order valence-electron chi connectivity index (χ3n) is 9.32. The highest BCUT2D eigenvalue weighted by Gasteiger charge is 2.58. The van der Waals surface area contributed by atoms with Crippen LogP contribution in [0, 0.1) is 0 Å². The van der Waals surface area contributed by atoms with E-state index in [1.165, 1.54) is 15.9 Å². The Hall–Kier alpha value is -4.91. The Morgan fingerprint density at radius 1 is 0.870 bits per heavy atom. The molecule has 1 aromatic heterocycles. The van der Waals surface area contributed by atoms with Gasteiger partial charge in [0.1, 0.15) is 29.2 Å². The van der Waals surface area contributed by atoms with Gasteiger partial charge in [-0.25, -0.2) is 9.59 Å². The largest absolute Gasteiger partial charge is 0.456 e. The van der Waals surface area contributed by atoms with Crippen molar-refractivity contribution in [2.75, 3.05) is 52.5 Å². The molecule has 0 radical (unpaired) electrons. The molecule has 0 N–H and O–H groups in total. The van der Waals surface area contributed by atoms with Crippen LogP contribution in [0.25, 0.3) is 11.4 Å². The maximum atomic E-state index is 14.2. The van der Waals surface area contributed by atoms with E-state index >= 15 is 0 Å². The van der Waals surface area contributed by atoms with Gasteiger partial charge in [0.05, 0.1) is 24.3 Å². The molecule has 0 aliphatic carbocycles. The first-order valence-corrected chi connectivity index (χ1v) is 17.2. The molecule has 4 amide bonds. The van der Waals surface area contributed by atoms with E-state index in [1.807, 2.05) is 0 Å². The number of benzene rings is 2. The van der Waals surface area contributed by atoms with Crippen LogP contribution >= 0.6 is 0 Å². The van der Waals surface area contributed by atoms with E-state index in [2.05, 4.69) is 15.0 Å². The van der Waals surface area contributed by atoms with Gasteiger partial charge in [-0.3, -0.25) is 14.6 Å².